The lowest BCUT2D eigenvalue weighted by Gasteiger charge is -2.31. The van der Waals surface area contributed by atoms with E-state index in [2.05, 4.69) is 0 Å². The van der Waals surface area contributed by atoms with Gasteiger partial charge in [-0.25, -0.2) is 4.39 Å². The number of carbonyl (C=O) groups is 1. The second-order valence-corrected chi connectivity index (χ2v) is 6.22. The molecule has 0 saturated carbocycles. The van der Waals surface area contributed by atoms with E-state index in [0.717, 1.165) is 6.07 Å². The summed E-state index contributed by atoms with van der Waals surface area (Å²) in [5, 5.41) is 18.8. The predicted octanol–water partition coefficient (Wildman–Crippen LogP) is 3.03. The molecule has 1 aliphatic rings. The van der Waals surface area contributed by atoms with Gasteiger partial charge in [0.25, 0.3) is 0 Å². The molecule has 0 radical (unpaired) electrons. The molecule has 1 aromatic carbocycles. The molecule has 0 aliphatic carbocycles. The topological polar surface area (TPSA) is 60.8 Å². The first-order valence-electron chi connectivity index (χ1n) is 7.24. The number of halogens is 1. The molecule has 2 rings (SSSR count). The van der Waals surface area contributed by atoms with Crippen LogP contribution in [0.4, 0.5) is 4.39 Å². The number of likely N-dealkylation sites (tertiary alicyclic amines) is 1. The largest absolute Gasteiger partial charge is 0.508 e. The number of phenols is 1. The van der Waals surface area contributed by atoms with Crippen LogP contribution in [0, 0.1) is 17.2 Å². The van der Waals surface area contributed by atoms with Crippen LogP contribution >= 0.6 is 0 Å². The minimum absolute atomic E-state index is 0.0249. The van der Waals surface area contributed by atoms with E-state index >= 15 is 0 Å². The lowest BCUT2D eigenvalue weighted by atomic mass is 9.76. The zero-order valence-electron chi connectivity index (χ0n) is 12.6. The normalized spacial score (nSPS) is 24.4. The highest BCUT2D eigenvalue weighted by Crippen LogP contribution is 2.41. The second kappa shape index (κ2) is 5.64. The number of aromatic hydroxyl groups is 1. The maximum Gasteiger partial charge on any atom is 0.311 e. The molecule has 2 atom stereocenters. The van der Waals surface area contributed by atoms with Crippen LogP contribution in [0.25, 0.3) is 0 Å². The average molecular weight is 295 g/mol. The Morgan fingerprint density at radius 3 is 2.52 bits per heavy atom. The minimum atomic E-state index is -0.779. The van der Waals surface area contributed by atoms with Crippen LogP contribution in [0.1, 0.15) is 38.8 Å². The molecule has 116 valence electrons. The molecule has 0 bridgehead atoms. The molecule has 21 heavy (non-hydrogen) atoms. The summed E-state index contributed by atoms with van der Waals surface area (Å²) in [4.78, 5) is 13.7. The van der Waals surface area contributed by atoms with Crippen molar-refractivity contribution in [1.82, 2.24) is 4.90 Å². The van der Waals surface area contributed by atoms with Gasteiger partial charge in [-0.2, -0.15) is 0 Å². The zero-order valence-corrected chi connectivity index (χ0v) is 12.6. The van der Waals surface area contributed by atoms with Gasteiger partial charge in [0.15, 0.2) is 0 Å². The summed E-state index contributed by atoms with van der Waals surface area (Å²) in [5.41, 5.74) is -0.278. The molecular weight excluding hydrogens is 273 g/mol. The van der Waals surface area contributed by atoms with Gasteiger partial charge in [0.1, 0.15) is 11.6 Å². The van der Waals surface area contributed by atoms with E-state index in [1.807, 2.05) is 25.7 Å². The van der Waals surface area contributed by atoms with E-state index in [0.29, 0.717) is 25.1 Å². The van der Waals surface area contributed by atoms with Crippen LogP contribution in [0.2, 0.25) is 0 Å². The highest BCUT2D eigenvalue weighted by Gasteiger charge is 2.48. The molecular formula is C16H22FNO3. The summed E-state index contributed by atoms with van der Waals surface area (Å²) in [6, 6.07) is 3.89. The van der Waals surface area contributed by atoms with Gasteiger partial charge in [-0.05, 0) is 31.9 Å². The van der Waals surface area contributed by atoms with Crippen molar-refractivity contribution >= 4 is 5.97 Å². The molecule has 1 fully saturated rings. The number of aliphatic carboxylic acids is 1. The zero-order chi connectivity index (χ0) is 15.8. The SMILES string of the molecule is CC(c1ccc(O)cc1F)N1CCC(C(=O)O)(C(C)C)C1. The number of carboxylic acids is 1. The van der Waals surface area contributed by atoms with Crippen LogP contribution in [0.5, 0.6) is 5.75 Å². The third kappa shape index (κ3) is 2.75. The van der Waals surface area contributed by atoms with Crippen LogP contribution in [-0.2, 0) is 4.79 Å². The Kier molecular flexibility index (Phi) is 4.23. The van der Waals surface area contributed by atoms with Crippen molar-refractivity contribution in [3.05, 3.63) is 29.6 Å². The van der Waals surface area contributed by atoms with Gasteiger partial charge in [0, 0.05) is 24.2 Å². The van der Waals surface area contributed by atoms with Crippen LogP contribution in [-0.4, -0.2) is 34.2 Å². The van der Waals surface area contributed by atoms with E-state index in [1.54, 1.807) is 6.07 Å². The van der Waals surface area contributed by atoms with Crippen molar-refractivity contribution in [2.75, 3.05) is 13.1 Å². The molecule has 1 aliphatic heterocycles. The third-order valence-corrected chi connectivity index (χ3v) is 4.84. The maximum absolute atomic E-state index is 14.0. The molecule has 1 aromatic rings. The maximum atomic E-state index is 14.0. The fourth-order valence-electron chi connectivity index (χ4n) is 3.14. The van der Waals surface area contributed by atoms with Crippen LogP contribution in [0.15, 0.2) is 18.2 Å². The molecule has 2 unspecified atom stereocenters. The first kappa shape index (κ1) is 15.8. The van der Waals surface area contributed by atoms with Crippen molar-refractivity contribution in [2.24, 2.45) is 11.3 Å². The summed E-state index contributed by atoms with van der Waals surface area (Å²) in [5.74, 6) is -1.32. The van der Waals surface area contributed by atoms with Gasteiger partial charge in [0.05, 0.1) is 5.41 Å². The molecule has 0 aromatic heterocycles. The van der Waals surface area contributed by atoms with Crippen molar-refractivity contribution < 1.29 is 19.4 Å². The molecule has 1 heterocycles. The van der Waals surface area contributed by atoms with E-state index in [4.69, 9.17) is 0 Å². The predicted molar refractivity (Wildman–Crippen MR) is 77.6 cm³/mol. The number of hydrogen-bond donors (Lipinski definition) is 2. The van der Waals surface area contributed by atoms with Gasteiger partial charge in [-0.15, -0.1) is 0 Å². The highest BCUT2D eigenvalue weighted by molar-refractivity contribution is 5.75. The van der Waals surface area contributed by atoms with Gasteiger partial charge in [-0.1, -0.05) is 19.9 Å². The number of benzene rings is 1. The monoisotopic (exact) mass is 295 g/mol. The molecule has 2 N–H and O–H groups in total. The van der Waals surface area contributed by atoms with E-state index < -0.39 is 17.2 Å². The fourth-order valence-corrected chi connectivity index (χ4v) is 3.14. The molecule has 0 spiro atoms. The Bertz CT molecular complexity index is 546. The summed E-state index contributed by atoms with van der Waals surface area (Å²) >= 11 is 0. The summed E-state index contributed by atoms with van der Waals surface area (Å²) in [6.45, 7) is 6.76. The average Bonchev–Trinajstić information content (AvgIpc) is 2.84. The Balaban J connectivity index is 2.22. The first-order valence-corrected chi connectivity index (χ1v) is 7.24. The van der Waals surface area contributed by atoms with E-state index in [1.165, 1.54) is 6.07 Å². The Hall–Kier alpha value is -1.62. The fraction of sp³-hybridized carbons (Fsp3) is 0.562. The van der Waals surface area contributed by atoms with Gasteiger partial charge in [0.2, 0.25) is 0 Å². The highest BCUT2D eigenvalue weighted by atomic mass is 19.1. The Morgan fingerprint density at radius 1 is 1.38 bits per heavy atom. The van der Waals surface area contributed by atoms with Crippen LogP contribution < -0.4 is 0 Å². The summed E-state index contributed by atoms with van der Waals surface area (Å²) in [7, 11) is 0. The second-order valence-electron chi connectivity index (χ2n) is 6.22. The summed E-state index contributed by atoms with van der Waals surface area (Å²) in [6.07, 6.45) is 0.573. The molecule has 4 nitrogen and oxygen atoms in total. The lowest BCUT2D eigenvalue weighted by Crippen LogP contribution is -2.39. The van der Waals surface area contributed by atoms with Crippen molar-refractivity contribution in [1.29, 1.82) is 0 Å². The van der Waals surface area contributed by atoms with E-state index in [-0.39, 0.29) is 17.7 Å². The number of phenolic OH excluding ortho intramolecular Hbond substituents is 1. The van der Waals surface area contributed by atoms with Crippen LogP contribution in [0.3, 0.4) is 0 Å². The van der Waals surface area contributed by atoms with Gasteiger partial charge >= 0.3 is 5.97 Å². The number of rotatable bonds is 4. The molecule has 5 heteroatoms. The smallest absolute Gasteiger partial charge is 0.311 e. The Morgan fingerprint density at radius 2 is 2.05 bits per heavy atom. The number of hydrogen-bond acceptors (Lipinski definition) is 3. The first-order chi connectivity index (χ1) is 9.78. The number of carboxylic acid groups (broad SMARTS) is 1. The molecule has 1 saturated heterocycles. The van der Waals surface area contributed by atoms with Crippen molar-refractivity contribution in [3.63, 3.8) is 0 Å². The standard InChI is InChI=1S/C16H22FNO3/c1-10(2)16(15(20)21)6-7-18(9-16)11(3)13-5-4-12(19)8-14(13)17/h4-5,8,10-11,19H,6-7,9H2,1-3H3,(H,20,21). The Labute approximate surface area is 124 Å². The lowest BCUT2D eigenvalue weighted by molar-refractivity contribution is -0.151. The molecule has 0 amide bonds. The van der Waals surface area contributed by atoms with Gasteiger partial charge < -0.3 is 10.2 Å². The minimum Gasteiger partial charge on any atom is -0.508 e. The quantitative estimate of drug-likeness (QED) is 0.896. The van der Waals surface area contributed by atoms with E-state index in [9.17, 15) is 19.4 Å². The van der Waals surface area contributed by atoms with Crippen molar-refractivity contribution in [2.45, 2.75) is 33.2 Å². The van der Waals surface area contributed by atoms with Crippen molar-refractivity contribution in [3.8, 4) is 5.75 Å². The third-order valence-electron chi connectivity index (χ3n) is 4.84. The van der Waals surface area contributed by atoms with Gasteiger partial charge in [-0.3, -0.25) is 9.69 Å². The summed E-state index contributed by atoms with van der Waals surface area (Å²) < 4.78 is 14.0. The number of nitrogens with zero attached hydrogens (tertiary/aromatic N) is 1.